The number of aromatic nitrogens is 2. The van der Waals surface area contributed by atoms with Gasteiger partial charge in [0, 0.05) is 18.2 Å². The molecule has 0 aliphatic rings. The predicted octanol–water partition coefficient (Wildman–Crippen LogP) is 2.73. The number of benzene rings is 1. The molecule has 4 nitrogen and oxygen atoms in total. The zero-order valence-electron chi connectivity index (χ0n) is 11.0. The predicted molar refractivity (Wildman–Crippen MR) is 79.6 cm³/mol. The van der Waals surface area contributed by atoms with Gasteiger partial charge >= 0.3 is 0 Å². The molecule has 0 amide bonds. The van der Waals surface area contributed by atoms with Gasteiger partial charge in [0.05, 0.1) is 5.69 Å². The van der Waals surface area contributed by atoms with Crippen LogP contribution in [0.3, 0.4) is 0 Å². The minimum Gasteiger partial charge on any atom is -0.486 e. The van der Waals surface area contributed by atoms with Crippen molar-refractivity contribution in [2.24, 2.45) is 12.8 Å². The van der Waals surface area contributed by atoms with Gasteiger partial charge in [0.25, 0.3) is 0 Å². The Balaban J connectivity index is 2.17. The second-order valence-corrected chi connectivity index (χ2v) is 5.07. The van der Waals surface area contributed by atoms with Crippen LogP contribution in [-0.4, -0.2) is 14.8 Å². The van der Waals surface area contributed by atoms with Crippen LogP contribution in [0.5, 0.6) is 5.75 Å². The molecule has 0 spiro atoms. The molecule has 0 fully saturated rings. The number of hydrogen-bond donors (Lipinski definition) is 1. The second kappa shape index (κ2) is 5.76. The number of nitrogens with two attached hydrogens (primary N) is 1. The summed E-state index contributed by atoms with van der Waals surface area (Å²) in [6, 6.07) is 4.34. The molecular formula is C13H13ClFN3OS. The van der Waals surface area contributed by atoms with Crippen molar-refractivity contribution < 1.29 is 9.13 Å². The summed E-state index contributed by atoms with van der Waals surface area (Å²) in [6.07, 6.45) is 0. The second-order valence-electron chi connectivity index (χ2n) is 4.28. The molecule has 1 aromatic carbocycles. The fourth-order valence-electron chi connectivity index (χ4n) is 1.76. The van der Waals surface area contributed by atoms with E-state index in [0.717, 1.165) is 11.3 Å². The molecule has 1 heterocycles. The Labute approximate surface area is 126 Å². The maximum absolute atomic E-state index is 13.8. The van der Waals surface area contributed by atoms with Gasteiger partial charge in [0.15, 0.2) is 11.6 Å². The molecule has 0 atom stereocenters. The number of hydrogen-bond acceptors (Lipinski definition) is 3. The van der Waals surface area contributed by atoms with Crippen molar-refractivity contribution in [3.8, 4) is 5.75 Å². The molecule has 106 valence electrons. The highest BCUT2D eigenvalue weighted by molar-refractivity contribution is 7.80. The molecule has 2 rings (SSSR count). The van der Waals surface area contributed by atoms with Crippen LogP contribution in [-0.2, 0) is 13.7 Å². The smallest absolute Gasteiger partial charge is 0.165 e. The number of ether oxygens (including phenoxy) is 1. The highest BCUT2D eigenvalue weighted by Crippen LogP contribution is 2.23. The van der Waals surface area contributed by atoms with Gasteiger partial charge in [-0.1, -0.05) is 23.8 Å². The normalized spacial score (nSPS) is 10.6. The van der Waals surface area contributed by atoms with Crippen molar-refractivity contribution in [3.63, 3.8) is 0 Å². The summed E-state index contributed by atoms with van der Waals surface area (Å²) in [5.41, 5.74) is 7.37. The van der Waals surface area contributed by atoms with E-state index in [2.05, 4.69) is 5.10 Å². The number of rotatable bonds is 4. The summed E-state index contributed by atoms with van der Waals surface area (Å²) in [6.45, 7) is 1.96. The minimum absolute atomic E-state index is 0.115. The highest BCUT2D eigenvalue weighted by atomic mass is 35.5. The third-order valence-corrected chi connectivity index (χ3v) is 3.57. The first kappa shape index (κ1) is 14.7. The summed E-state index contributed by atoms with van der Waals surface area (Å²) < 4.78 is 20.8. The summed E-state index contributed by atoms with van der Waals surface area (Å²) in [5, 5.41) is 4.63. The van der Waals surface area contributed by atoms with Crippen LogP contribution in [0, 0.1) is 12.7 Å². The summed E-state index contributed by atoms with van der Waals surface area (Å²) in [7, 11) is 1.73. The van der Waals surface area contributed by atoms with Crippen molar-refractivity contribution in [3.05, 3.63) is 46.0 Å². The van der Waals surface area contributed by atoms with Gasteiger partial charge in [-0.05, 0) is 25.1 Å². The van der Waals surface area contributed by atoms with E-state index >= 15 is 0 Å². The van der Waals surface area contributed by atoms with Crippen LogP contribution in [0.4, 0.5) is 4.39 Å². The third kappa shape index (κ3) is 2.91. The van der Waals surface area contributed by atoms with Crippen molar-refractivity contribution >= 4 is 28.8 Å². The van der Waals surface area contributed by atoms with Crippen molar-refractivity contribution in [2.75, 3.05) is 0 Å². The van der Waals surface area contributed by atoms with Crippen LogP contribution in [0.1, 0.15) is 16.8 Å². The van der Waals surface area contributed by atoms with Crippen molar-refractivity contribution in [2.45, 2.75) is 13.5 Å². The third-order valence-electron chi connectivity index (χ3n) is 2.86. The Bertz CT molecular complexity index is 672. The molecule has 0 saturated heterocycles. The van der Waals surface area contributed by atoms with E-state index in [1.807, 2.05) is 6.92 Å². The standard InChI is InChI=1S/C13H13ClFN3OS/c1-7-9(12(14)18(2)17-7)6-19-11-4-3-8(13(16)20)5-10(11)15/h3-5H,6H2,1-2H3,(H2,16,20). The molecular weight excluding hydrogens is 301 g/mol. The van der Waals surface area contributed by atoms with Gasteiger partial charge in [0.2, 0.25) is 0 Å². The topological polar surface area (TPSA) is 53.1 Å². The van der Waals surface area contributed by atoms with E-state index in [1.54, 1.807) is 17.8 Å². The molecule has 2 N–H and O–H groups in total. The maximum atomic E-state index is 13.8. The lowest BCUT2D eigenvalue weighted by Gasteiger charge is -2.08. The number of aryl methyl sites for hydroxylation is 2. The minimum atomic E-state index is -0.520. The quantitative estimate of drug-likeness (QED) is 0.882. The van der Waals surface area contributed by atoms with Gasteiger partial charge in [-0.3, -0.25) is 4.68 Å². The van der Waals surface area contributed by atoms with E-state index in [-0.39, 0.29) is 17.3 Å². The lowest BCUT2D eigenvalue weighted by Crippen LogP contribution is -2.09. The Kier molecular flexibility index (Phi) is 4.25. The zero-order valence-corrected chi connectivity index (χ0v) is 12.6. The van der Waals surface area contributed by atoms with Gasteiger partial charge in [0.1, 0.15) is 16.7 Å². The molecule has 0 unspecified atom stereocenters. The fraction of sp³-hybridized carbons (Fsp3) is 0.231. The lowest BCUT2D eigenvalue weighted by molar-refractivity contribution is 0.289. The molecule has 0 aliphatic heterocycles. The average Bonchev–Trinajstić information content (AvgIpc) is 2.62. The van der Waals surface area contributed by atoms with Crippen LogP contribution < -0.4 is 10.5 Å². The highest BCUT2D eigenvalue weighted by Gasteiger charge is 2.13. The molecule has 0 saturated carbocycles. The first-order valence-corrected chi connectivity index (χ1v) is 6.59. The largest absolute Gasteiger partial charge is 0.486 e. The average molecular weight is 314 g/mol. The molecule has 0 radical (unpaired) electrons. The lowest BCUT2D eigenvalue weighted by atomic mass is 10.2. The Morgan fingerprint density at radius 1 is 1.55 bits per heavy atom. The van der Waals surface area contributed by atoms with E-state index in [0.29, 0.717) is 10.7 Å². The van der Waals surface area contributed by atoms with Gasteiger partial charge in [-0.25, -0.2) is 4.39 Å². The van der Waals surface area contributed by atoms with Crippen LogP contribution in [0.2, 0.25) is 5.15 Å². The molecule has 7 heteroatoms. The first-order valence-electron chi connectivity index (χ1n) is 5.80. The van der Waals surface area contributed by atoms with Gasteiger partial charge in [-0.15, -0.1) is 0 Å². The zero-order chi connectivity index (χ0) is 14.9. The number of halogens is 2. The van der Waals surface area contributed by atoms with Crippen LogP contribution >= 0.6 is 23.8 Å². The van der Waals surface area contributed by atoms with E-state index < -0.39 is 5.82 Å². The van der Waals surface area contributed by atoms with Crippen LogP contribution in [0.15, 0.2) is 18.2 Å². The summed E-state index contributed by atoms with van der Waals surface area (Å²) in [5.74, 6) is -0.405. The molecule has 0 bridgehead atoms. The van der Waals surface area contributed by atoms with Crippen LogP contribution in [0.25, 0.3) is 0 Å². The summed E-state index contributed by atoms with van der Waals surface area (Å²) in [4.78, 5) is 0.140. The van der Waals surface area contributed by atoms with E-state index in [9.17, 15) is 4.39 Å². The first-order chi connectivity index (χ1) is 9.40. The molecule has 1 aromatic heterocycles. The maximum Gasteiger partial charge on any atom is 0.165 e. The molecule has 2 aromatic rings. The Morgan fingerprint density at radius 2 is 2.25 bits per heavy atom. The Hall–Kier alpha value is -1.66. The molecule has 20 heavy (non-hydrogen) atoms. The van der Waals surface area contributed by atoms with Gasteiger partial charge < -0.3 is 10.5 Å². The summed E-state index contributed by atoms with van der Waals surface area (Å²) >= 11 is 10.9. The Morgan fingerprint density at radius 3 is 2.75 bits per heavy atom. The SMILES string of the molecule is Cc1nn(C)c(Cl)c1COc1ccc(C(N)=S)cc1F. The monoisotopic (exact) mass is 313 g/mol. The van der Waals surface area contributed by atoms with Gasteiger partial charge in [-0.2, -0.15) is 5.10 Å². The van der Waals surface area contributed by atoms with Crippen molar-refractivity contribution in [1.82, 2.24) is 9.78 Å². The number of thiocarbonyl (C=S) groups is 1. The van der Waals surface area contributed by atoms with Crippen molar-refractivity contribution in [1.29, 1.82) is 0 Å². The van der Waals surface area contributed by atoms with E-state index in [4.69, 9.17) is 34.3 Å². The molecule has 0 aliphatic carbocycles. The van der Waals surface area contributed by atoms with E-state index in [1.165, 1.54) is 12.1 Å². The fourth-order valence-corrected chi connectivity index (χ4v) is 2.11. The number of nitrogens with zero attached hydrogens (tertiary/aromatic N) is 2.